The van der Waals surface area contributed by atoms with E-state index in [1.807, 2.05) is 6.92 Å². The minimum absolute atomic E-state index is 0.258. The van der Waals surface area contributed by atoms with Gasteiger partial charge in [-0.3, -0.25) is 4.21 Å². The zero-order valence-electron chi connectivity index (χ0n) is 11.0. The minimum atomic E-state index is -0.708. The summed E-state index contributed by atoms with van der Waals surface area (Å²) in [5.41, 5.74) is 0. The molecular weight excluding hydrogens is 220 g/mol. The smallest absolute Gasteiger partial charge is 0.0441 e. The maximum atomic E-state index is 11.2. The van der Waals surface area contributed by atoms with Gasteiger partial charge in [-0.25, -0.2) is 0 Å². The fraction of sp³-hybridized carbons (Fsp3) is 1.00. The highest BCUT2D eigenvalue weighted by Crippen LogP contribution is 2.19. The second kappa shape index (κ2) is 6.72. The van der Waals surface area contributed by atoms with Crippen LogP contribution in [0.15, 0.2) is 0 Å². The van der Waals surface area contributed by atoms with Crippen molar-refractivity contribution in [2.75, 3.05) is 32.9 Å². The van der Waals surface area contributed by atoms with Crippen LogP contribution in [0.3, 0.4) is 0 Å². The largest absolute Gasteiger partial charge is 0.313 e. The Morgan fingerprint density at radius 2 is 1.94 bits per heavy atom. The second-order valence-corrected chi connectivity index (χ2v) is 6.95. The molecule has 16 heavy (non-hydrogen) atoms. The van der Waals surface area contributed by atoms with Crippen LogP contribution < -0.4 is 5.32 Å². The third kappa shape index (κ3) is 4.52. The monoisotopic (exact) mass is 246 g/mol. The average molecular weight is 246 g/mol. The van der Waals surface area contributed by atoms with Crippen molar-refractivity contribution in [1.29, 1.82) is 0 Å². The lowest BCUT2D eigenvalue weighted by atomic mass is 9.90. The molecule has 0 aromatic rings. The topological polar surface area (TPSA) is 32.3 Å². The maximum Gasteiger partial charge on any atom is 0.0441 e. The van der Waals surface area contributed by atoms with Gasteiger partial charge in [-0.05, 0) is 52.7 Å². The van der Waals surface area contributed by atoms with E-state index in [1.54, 1.807) is 6.26 Å². The van der Waals surface area contributed by atoms with E-state index in [-0.39, 0.29) is 5.25 Å². The normalized spacial score (nSPS) is 25.2. The van der Waals surface area contributed by atoms with Gasteiger partial charge in [0, 0.05) is 34.9 Å². The van der Waals surface area contributed by atoms with Crippen molar-refractivity contribution in [2.24, 2.45) is 5.92 Å². The lowest BCUT2D eigenvalue weighted by Crippen LogP contribution is -2.43. The third-order valence-corrected chi connectivity index (χ3v) is 5.06. The Hall–Kier alpha value is 0.0700. The van der Waals surface area contributed by atoms with Crippen molar-refractivity contribution >= 4 is 10.8 Å². The number of likely N-dealkylation sites (tertiary alicyclic amines) is 1. The summed E-state index contributed by atoms with van der Waals surface area (Å²) in [4.78, 5) is 2.40. The Bertz CT molecular complexity index is 227. The van der Waals surface area contributed by atoms with E-state index in [9.17, 15) is 4.21 Å². The molecular formula is C12H26N2OS. The van der Waals surface area contributed by atoms with Crippen LogP contribution >= 0.6 is 0 Å². The maximum absolute atomic E-state index is 11.2. The molecule has 0 radical (unpaired) electrons. The molecule has 0 aliphatic carbocycles. The van der Waals surface area contributed by atoms with Crippen molar-refractivity contribution < 1.29 is 4.21 Å². The standard InChI is InChI=1S/C12H26N2OS/c1-10(16(4)15)9-13-11(2)12-5-7-14(3)8-6-12/h10-13H,5-9H2,1-4H3. The molecule has 0 aromatic carbocycles. The number of rotatable bonds is 5. The minimum Gasteiger partial charge on any atom is -0.313 e. The van der Waals surface area contributed by atoms with Gasteiger partial charge in [0.25, 0.3) is 0 Å². The first-order valence-electron chi connectivity index (χ1n) is 6.25. The molecule has 0 spiro atoms. The predicted octanol–water partition coefficient (Wildman–Crippen LogP) is 1.07. The number of hydrogen-bond donors (Lipinski definition) is 1. The molecule has 1 N–H and O–H groups in total. The predicted molar refractivity (Wildman–Crippen MR) is 71.2 cm³/mol. The first-order valence-corrected chi connectivity index (χ1v) is 7.87. The Morgan fingerprint density at radius 3 is 2.44 bits per heavy atom. The highest BCUT2D eigenvalue weighted by molar-refractivity contribution is 7.84. The van der Waals surface area contributed by atoms with Gasteiger partial charge in [-0.2, -0.15) is 0 Å². The molecule has 1 aliphatic heterocycles. The first kappa shape index (κ1) is 14.1. The van der Waals surface area contributed by atoms with Gasteiger partial charge in [0.05, 0.1) is 0 Å². The molecule has 4 heteroatoms. The van der Waals surface area contributed by atoms with E-state index in [0.29, 0.717) is 6.04 Å². The van der Waals surface area contributed by atoms with E-state index in [2.05, 4.69) is 24.2 Å². The summed E-state index contributed by atoms with van der Waals surface area (Å²) in [6, 6.07) is 0.555. The van der Waals surface area contributed by atoms with Crippen LogP contribution in [0.2, 0.25) is 0 Å². The van der Waals surface area contributed by atoms with Crippen LogP contribution in [0.5, 0.6) is 0 Å². The molecule has 1 fully saturated rings. The lowest BCUT2D eigenvalue weighted by molar-refractivity contribution is 0.190. The van der Waals surface area contributed by atoms with Gasteiger partial charge in [-0.15, -0.1) is 0 Å². The van der Waals surface area contributed by atoms with Crippen LogP contribution in [0.4, 0.5) is 0 Å². The molecule has 3 atom stereocenters. The van der Waals surface area contributed by atoms with Gasteiger partial charge < -0.3 is 10.2 Å². The number of piperidine rings is 1. The van der Waals surface area contributed by atoms with Crippen LogP contribution in [0, 0.1) is 5.92 Å². The Kier molecular flexibility index (Phi) is 5.94. The molecule has 1 heterocycles. The SMILES string of the molecule is CC(NCC(C)S(C)=O)C1CCN(C)CC1. The molecule has 0 saturated carbocycles. The van der Waals surface area contributed by atoms with Crippen molar-refractivity contribution in [3.05, 3.63) is 0 Å². The average Bonchev–Trinajstić information content (AvgIpc) is 2.26. The summed E-state index contributed by atoms with van der Waals surface area (Å²) >= 11 is 0. The van der Waals surface area contributed by atoms with Gasteiger partial charge in [0.2, 0.25) is 0 Å². The van der Waals surface area contributed by atoms with E-state index >= 15 is 0 Å². The van der Waals surface area contributed by atoms with Crippen molar-refractivity contribution in [2.45, 2.75) is 38.0 Å². The molecule has 96 valence electrons. The van der Waals surface area contributed by atoms with Gasteiger partial charge in [0.15, 0.2) is 0 Å². The van der Waals surface area contributed by atoms with Crippen molar-refractivity contribution in [3.63, 3.8) is 0 Å². The molecule has 0 aromatic heterocycles. The summed E-state index contributed by atoms with van der Waals surface area (Å²) in [6.07, 6.45) is 4.36. The van der Waals surface area contributed by atoms with Gasteiger partial charge in [0.1, 0.15) is 0 Å². The number of hydrogen-bond acceptors (Lipinski definition) is 3. The Morgan fingerprint density at radius 1 is 1.38 bits per heavy atom. The van der Waals surface area contributed by atoms with E-state index in [0.717, 1.165) is 12.5 Å². The molecule has 3 nitrogen and oxygen atoms in total. The van der Waals surface area contributed by atoms with E-state index < -0.39 is 10.8 Å². The summed E-state index contributed by atoms with van der Waals surface area (Å²) in [6.45, 7) is 7.61. The molecule has 1 saturated heterocycles. The van der Waals surface area contributed by atoms with Crippen molar-refractivity contribution in [1.82, 2.24) is 10.2 Å². The van der Waals surface area contributed by atoms with Crippen molar-refractivity contribution in [3.8, 4) is 0 Å². The molecule has 0 bridgehead atoms. The van der Waals surface area contributed by atoms with Crippen LogP contribution in [-0.2, 0) is 10.8 Å². The quantitative estimate of drug-likeness (QED) is 0.788. The fourth-order valence-electron chi connectivity index (χ4n) is 2.16. The summed E-state index contributed by atoms with van der Waals surface area (Å²) in [5, 5.41) is 3.79. The highest BCUT2D eigenvalue weighted by atomic mass is 32.2. The zero-order chi connectivity index (χ0) is 12.1. The molecule has 1 rings (SSSR count). The zero-order valence-corrected chi connectivity index (χ0v) is 11.8. The Balaban J connectivity index is 2.24. The van der Waals surface area contributed by atoms with E-state index in [4.69, 9.17) is 0 Å². The second-order valence-electron chi connectivity index (χ2n) is 5.15. The number of nitrogens with zero attached hydrogens (tertiary/aromatic N) is 1. The Labute approximate surface area is 102 Å². The van der Waals surface area contributed by atoms with Crippen LogP contribution in [-0.4, -0.2) is 53.3 Å². The van der Waals surface area contributed by atoms with E-state index in [1.165, 1.54) is 25.9 Å². The van der Waals surface area contributed by atoms with Gasteiger partial charge in [-0.1, -0.05) is 0 Å². The number of nitrogens with one attached hydrogen (secondary N) is 1. The van der Waals surface area contributed by atoms with Gasteiger partial charge >= 0.3 is 0 Å². The third-order valence-electron chi connectivity index (χ3n) is 3.76. The highest BCUT2D eigenvalue weighted by Gasteiger charge is 2.22. The van der Waals surface area contributed by atoms with Crippen LogP contribution in [0.1, 0.15) is 26.7 Å². The molecule has 3 unspecified atom stereocenters. The summed E-state index contributed by atoms with van der Waals surface area (Å²) < 4.78 is 11.2. The molecule has 1 aliphatic rings. The van der Waals surface area contributed by atoms with Crippen LogP contribution in [0.25, 0.3) is 0 Å². The lowest BCUT2D eigenvalue weighted by Gasteiger charge is -2.33. The summed E-state index contributed by atoms with van der Waals surface area (Å²) in [7, 11) is 1.48. The first-order chi connectivity index (χ1) is 7.50. The molecule has 0 amide bonds. The fourth-order valence-corrected chi connectivity index (χ4v) is 2.50. The summed E-state index contributed by atoms with van der Waals surface area (Å²) in [5.74, 6) is 0.786.